The van der Waals surface area contributed by atoms with E-state index in [2.05, 4.69) is 65.4 Å². The fourth-order valence-corrected chi connectivity index (χ4v) is 2.76. The zero-order valence-electron chi connectivity index (χ0n) is 12.2. The van der Waals surface area contributed by atoms with Crippen molar-refractivity contribution in [2.45, 2.75) is 19.9 Å². The van der Waals surface area contributed by atoms with Crippen LogP contribution in [0.5, 0.6) is 11.5 Å². The topological polar surface area (TPSA) is 30.5 Å². The molecule has 21 heavy (non-hydrogen) atoms. The lowest BCUT2D eigenvalue weighted by Gasteiger charge is -2.22. The Kier molecular flexibility index (Phi) is 4.06. The lowest BCUT2D eigenvalue weighted by Crippen LogP contribution is -2.16. The number of benzene rings is 2. The van der Waals surface area contributed by atoms with Crippen molar-refractivity contribution in [2.75, 3.05) is 18.5 Å². The monoisotopic (exact) mass is 347 g/mol. The van der Waals surface area contributed by atoms with Gasteiger partial charge in [0.1, 0.15) is 13.2 Å². The molecule has 0 aromatic heterocycles. The maximum absolute atomic E-state index is 5.65. The second-order valence-electron chi connectivity index (χ2n) is 5.25. The number of halogens is 1. The number of ether oxygens (including phenoxy) is 2. The number of nitrogens with one attached hydrogen (secondary N) is 1. The molecule has 0 fully saturated rings. The van der Waals surface area contributed by atoms with E-state index in [9.17, 15) is 0 Å². The molecule has 110 valence electrons. The van der Waals surface area contributed by atoms with Gasteiger partial charge in [0.25, 0.3) is 0 Å². The van der Waals surface area contributed by atoms with E-state index in [4.69, 9.17) is 9.47 Å². The summed E-state index contributed by atoms with van der Waals surface area (Å²) in [4.78, 5) is 0. The van der Waals surface area contributed by atoms with Gasteiger partial charge in [-0.05, 0) is 65.2 Å². The number of rotatable bonds is 3. The summed E-state index contributed by atoms with van der Waals surface area (Å²) in [6, 6.07) is 12.6. The lowest BCUT2D eigenvalue weighted by molar-refractivity contribution is 0.171. The second-order valence-corrected chi connectivity index (χ2v) is 6.11. The fourth-order valence-electron chi connectivity index (χ4n) is 2.40. The van der Waals surface area contributed by atoms with Gasteiger partial charge in [-0.3, -0.25) is 0 Å². The summed E-state index contributed by atoms with van der Waals surface area (Å²) in [5.41, 5.74) is 3.50. The Morgan fingerprint density at radius 2 is 1.81 bits per heavy atom. The summed E-state index contributed by atoms with van der Waals surface area (Å²) in [5, 5.41) is 3.53. The molecule has 1 unspecified atom stereocenters. The van der Waals surface area contributed by atoms with Crippen molar-refractivity contribution in [1.82, 2.24) is 0 Å². The van der Waals surface area contributed by atoms with E-state index in [0.717, 1.165) is 21.7 Å². The van der Waals surface area contributed by atoms with Crippen molar-refractivity contribution in [3.8, 4) is 11.5 Å². The molecule has 0 amide bonds. The highest BCUT2D eigenvalue weighted by molar-refractivity contribution is 9.10. The first-order valence-electron chi connectivity index (χ1n) is 7.06. The molecule has 3 rings (SSSR count). The zero-order chi connectivity index (χ0) is 14.8. The van der Waals surface area contributed by atoms with Gasteiger partial charge < -0.3 is 14.8 Å². The first-order valence-corrected chi connectivity index (χ1v) is 7.85. The van der Waals surface area contributed by atoms with E-state index < -0.39 is 0 Å². The molecular formula is C17H18BrNO2. The van der Waals surface area contributed by atoms with Gasteiger partial charge in [-0.15, -0.1) is 0 Å². The Hall–Kier alpha value is -1.68. The molecule has 4 heteroatoms. The second kappa shape index (κ2) is 5.98. The van der Waals surface area contributed by atoms with E-state index >= 15 is 0 Å². The zero-order valence-corrected chi connectivity index (χ0v) is 13.7. The molecule has 0 aliphatic carbocycles. The maximum Gasteiger partial charge on any atom is 0.161 e. The minimum absolute atomic E-state index is 0.180. The number of fused-ring (bicyclic) bond motifs is 1. The van der Waals surface area contributed by atoms with Crippen molar-refractivity contribution >= 4 is 21.6 Å². The summed E-state index contributed by atoms with van der Waals surface area (Å²) < 4.78 is 12.3. The Balaban J connectivity index is 1.82. The van der Waals surface area contributed by atoms with Gasteiger partial charge >= 0.3 is 0 Å². The summed E-state index contributed by atoms with van der Waals surface area (Å²) in [5.74, 6) is 1.66. The molecule has 1 aliphatic rings. The van der Waals surface area contributed by atoms with Crippen LogP contribution in [0.1, 0.15) is 24.1 Å². The van der Waals surface area contributed by atoms with Gasteiger partial charge in [0.15, 0.2) is 11.5 Å². The van der Waals surface area contributed by atoms with E-state index in [1.807, 2.05) is 6.07 Å². The van der Waals surface area contributed by atoms with Crippen LogP contribution in [-0.4, -0.2) is 13.2 Å². The molecule has 1 atom stereocenters. The highest BCUT2D eigenvalue weighted by atomic mass is 79.9. The smallest absolute Gasteiger partial charge is 0.161 e. The highest BCUT2D eigenvalue weighted by Crippen LogP contribution is 2.34. The predicted molar refractivity (Wildman–Crippen MR) is 88.3 cm³/mol. The van der Waals surface area contributed by atoms with Crippen LogP contribution in [-0.2, 0) is 0 Å². The van der Waals surface area contributed by atoms with Gasteiger partial charge in [0.2, 0.25) is 0 Å². The first kappa shape index (κ1) is 14.3. The molecule has 0 saturated heterocycles. The minimum Gasteiger partial charge on any atom is -0.486 e. The van der Waals surface area contributed by atoms with Gasteiger partial charge in [0.05, 0.1) is 0 Å². The maximum atomic E-state index is 5.65. The van der Waals surface area contributed by atoms with Gasteiger partial charge in [-0.2, -0.15) is 0 Å². The average Bonchev–Trinajstić information content (AvgIpc) is 2.50. The first-order chi connectivity index (χ1) is 10.1. The van der Waals surface area contributed by atoms with E-state index in [0.29, 0.717) is 13.2 Å². The Morgan fingerprint density at radius 3 is 2.62 bits per heavy atom. The van der Waals surface area contributed by atoms with Crippen LogP contribution in [0.15, 0.2) is 40.9 Å². The highest BCUT2D eigenvalue weighted by Gasteiger charge is 2.15. The lowest BCUT2D eigenvalue weighted by atomic mass is 10.1. The Morgan fingerprint density at radius 1 is 1.05 bits per heavy atom. The van der Waals surface area contributed by atoms with Crippen molar-refractivity contribution < 1.29 is 9.47 Å². The third kappa shape index (κ3) is 3.16. The molecule has 1 aliphatic heterocycles. The molecule has 1 heterocycles. The van der Waals surface area contributed by atoms with E-state index in [1.165, 1.54) is 11.1 Å². The summed E-state index contributed by atoms with van der Waals surface area (Å²) in [6.45, 7) is 5.46. The summed E-state index contributed by atoms with van der Waals surface area (Å²) >= 11 is 3.58. The van der Waals surface area contributed by atoms with Gasteiger partial charge in [-0.25, -0.2) is 0 Å². The molecule has 0 saturated carbocycles. The van der Waals surface area contributed by atoms with Crippen LogP contribution < -0.4 is 14.8 Å². The number of anilines is 1. The van der Waals surface area contributed by atoms with Gasteiger partial charge in [-0.1, -0.05) is 12.1 Å². The molecule has 0 spiro atoms. The summed E-state index contributed by atoms with van der Waals surface area (Å²) in [6.07, 6.45) is 0. The predicted octanol–water partition coefficient (Wildman–Crippen LogP) is 4.70. The fraction of sp³-hybridized carbons (Fsp3) is 0.294. The van der Waals surface area contributed by atoms with Crippen molar-refractivity contribution in [3.05, 3.63) is 52.0 Å². The minimum atomic E-state index is 0.180. The molecule has 2 aromatic carbocycles. The van der Waals surface area contributed by atoms with E-state index in [1.54, 1.807) is 0 Å². The number of hydrogen-bond donors (Lipinski definition) is 1. The van der Waals surface area contributed by atoms with Crippen LogP contribution in [0.2, 0.25) is 0 Å². The molecule has 2 aromatic rings. The summed E-state index contributed by atoms with van der Waals surface area (Å²) in [7, 11) is 0. The van der Waals surface area contributed by atoms with Crippen molar-refractivity contribution in [2.24, 2.45) is 0 Å². The van der Waals surface area contributed by atoms with Crippen molar-refractivity contribution in [3.63, 3.8) is 0 Å². The normalized spacial score (nSPS) is 14.6. The van der Waals surface area contributed by atoms with Crippen LogP contribution >= 0.6 is 15.9 Å². The number of hydrogen-bond acceptors (Lipinski definition) is 3. The average molecular weight is 348 g/mol. The molecule has 0 radical (unpaired) electrons. The third-order valence-corrected chi connectivity index (χ3v) is 4.25. The van der Waals surface area contributed by atoms with Crippen LogP contribution in [0.3, 0.4) is 0 Å². The standard InChI is InChI=1S/C17H18BrNO2/c1-11-3-5-14(18)15(9-11)19-12(2)13-4-6-16-17(10-13)21-8-7-20-16/h3-6,9-10,12,19H,7-8H2,1-2H3. The van der Waals surface area contributed by atoms with Crippen LogP contribution in [0.25, 0.3) is 0 Å². The SMILES string of the molecule is Cc1ccc(Br)c(NC(C)c2ccc3c(c2)OCCO3)c1. The van der Waals surface area contributed by atoms with E-state index in [-0.39, 0.29) is 6.04 Å². The largest absolute Gasteiger partial charge is 0.486 e. The number of aryl methyl sites for hydroxylation is 1. The van der Waals surface area contributed by atoms with Crippen LogP contribution in [0, 0.1) is 6.92 Å². The van der Waals surface area contributed by atoms with Gasteiger partial charge in [0, 0.05) is 16.2 Å². The third-order valence-electron chi connectivity index (χ3n) is 3.56. The molecule has 0 bridgehead atoms. The molecular weight excluding hydrogens is 330 g/mol. The quantitative estimate of drug-likeness (QED) is 0.872. The van der Waals surface area contributed by atoms with Crippen molar-refractivity contribution in [1.29, 1.82) is 0 Å². The Bertz CT molecular complexity index is 657. The molecule has 3 nitrogen and oxygen atoms in total. The Labute approximate surface area is 133 Å². The van der Waals surface area contributed by atoms with Crippen LogP contribution in [0.4, 0.5) is 5.69 Å². The molecule has 1 N–H and O–H groups in total.